The van der Waals surface area contributed by atoms with Crippen molar-refractivity contribution in [2.24, 2.45) is 7.05 Å². The summed E-state index contributed by atoms with van der Waals surface area (Å²) in [5, 5.41) is 17.7. The van der Waals surface area contributed by atoms with Crippen molar-refractivity contribution in [2.75, 3.05) is 12.4 Å². The molecule has 8 nitrogen and oxygen atoms in total. The number of hydrogen-bond acceptors (Lipinski definition) is 5. The molecule has 22 heavy (non-hydrogen) atoms. The molecule has 1 N–H and O–H groups in total. The maximum Gasteiger partial charge on any atom is 0.322 e. The van der Waals surface area contributed by atoms with Gasteiger partial charge in [0.15, 0.2) is 0 Å². The number of aromatic nitrogens is 2. The van der Waals surface area contributed by atoms with Gasteiger partial charge >= 0.3 is 5.69 Å². The van der Waals surface area contributed by atoms with E-state index < -0.39 is 10.8 Å². The third kappa shape index (κ3) is 2.76. The Morgan fingerprint density at radius 3 is 2.68 bits per heavy atom. The van der Waals surface area contributed by atoms with Gasteiger partial charge in [0.2, 0.25) is 5.69 Å². The zero-order valence-corrected chi connectivity index (χ0v) is 12.7. The normalized spacial score (nSPS) is 10.4. The summed E-state index contributed by atoms with van der Waals surface area (Å²) in [6.45, 7) is 3.40. The standard InChI is InChI=1S/C14H16N4O4/c1-8-5-6-11(22-4)10(7-8)15-14(19)12-13(18(20)21)9(2)17(3)16-12/h5-7H,1-4H3,(H,15,19). The van der Waals surface area contributed by atoms with E-state index in [9.17, 15) is 14.9 Å². The molecular formula is C14H16N4O4. The summed E-state index contributed by atoms with van der Waals surface area (Å²) in [4.78, 5) is 22.9. The fourth-order valence-corrected chi connectivity index (χ4v) is 2.07. The van der Waals surface area contributed by atoms with Crippen LogP contribution in [0.3, 0.4) is 0 Å². The highest BCUT2D eigenvalue weighted by atomic mass is 16.6. The average Bonchev–Trinajstić information content (AvgIpc) is 2.75. The van der Waals surface area contributed by atoms with Crippen molar-refractivity contribution < 1.29 is 14.5 Å². The van der Waals surface area contributed by atoms with Gasteiger partial charge in [-0.15, -0.1) is 0 Å². The number of ether oxygens (including phenoxy) is 1. The van der Waals surface area contributed by atoms with Crippen LogP contribution in [0.4, 0.5) is 11.4 Å². The molecule has 0 bridgehead atoms. The highest BCUT2D eigenvalue weighted by molar-refractivity contribution is 6.06. The van der Waals surface area contributed by atoms with Gasteiger partial charge in [0.1, 0.15) is 11.4 Å². The molecule has 1 heterocycles. The number of nitro groups is 1. The summed E-state index contributed by atoms with van der Waals surface area (Å²) in [5.74, 6) is -0.187. The molecule has 0 unspecified atom stereocenters. The number of carbonyl (C=O) groups is 1. The lowest BCUT2D eigenvalue weighted by atomic mass is 10.2. The second kappa shape index (κ2) is 5.84. The average molecular weight is 304 g/mol. The van der Waals surface area contributed by atoms with Crippen LogP contribution in [0, 0.1) is 24.0 Å². The first-order chi connectivity index (χ1) is 10.3. The van der Waals surface area contributed by atoms with Crippen molar-refractivity contribution in [3.05, 3.63) is 45.3 Å². The molecule has 1 aromatic heterocycles. The lowest BCUT2D eigenvalue weighted by Crippen LogP contribution is -2.15. The van der Waals surface area contributed by atoms with E-state index in [-0.39, 0.29) is 11.4 Å². The number of hydrogen-bond donors (Lipinski definition) is 1. The quantitative estimate of drug-likeness (QED) is 0.689. The number of benzene rings is 1. The van der Waals surface area contributed by atoms with E-state index in [1.807, 2.05) is 13.0 Å². The van der Waals surface area contributed by atoms with Gasteiger partial charge in [-0.3, -0.25) is 19.6 Å². The fraction of sp³-hybridized carbons (Fsp3) is 0.286. The van der Waals surface area contributed by atoms with Crippen molar-refractivity contribution in [2.45, 2.75) is 13.8 Å². The summed E-state index contributed by atoms with van der Waals surface area (Å²) in [7, 11) is 3.03. The molecule has 0 radical (unpaired) electrons. The van der Waals surface area contributed by atoms with Gasteiger partial charge in [-0.2, -0.15) is 5.10 Å². The number of nitrogens with zero attached hydrogens (tertiary/aromatic N) is 3. The van der Waals surface area contributed by atoms with E-state index in [4.69, 9.17) is 4.74 Å². The number of aryl methyl sites for hydroxylation is 2. The van der Waals surface area contributed by atoms with Gasteiger partial charge < -0.3 is 10.1 Å². The molecule has 0 saturated carbocycles. The number of carbonyl (C=O) groups excluding carboxylic acids is 1. The first-order valence-electron chi connectivity index (χ1n) is 6.49. The van der Waals surface area contributed by atoms with E-state index in [0.29, 0.717) is 17.1 Å². The molecule has 2 aromatic rings. The minimum Gasteiger partial charge on any atom is -0.495 e. The molecule has 0 fully saturated rings. The van der Waals surface area contributed by atoms with Gasteiger partial charge in [-0.1, -0.05) is 6.07 Å². The molecule has 0 spiro atoms. The Morgan fingerprint density at radius 1 is 1.41 bits per heavy atom. The van der Waals surface area contributed by atoms with E-state index in [1.54, 1.807) is 19.2 Å². The van der Waals surface area contributed by atoms with Crippen LogP contribution in [0.2, 0.25) is 0 Å². The number of anilines is 1. The third-order valence-corrected chi connectivity index (χ3v) is 3.30. The minimum absolute atomic E-state index is 0.228. The van der Waals surface area contributed by atoms with Gasteiger partial charge in [-0.05, 0) is 31.5 Å². The molecular weight excluding hydrogens is 288 g/mol. The Hall–Kier alpha value is -2.90. The zero-order valence-electron chi connectivity index (χ0n) is 12.7. The maximum atomic E-state index is 12.3. The summed E-state index contributed by atoms with van der Waals surface area (Å²) < 4.78 is 6.48. The van der Waals surface area contributed by atoms with Crippen LogP contribution in [0.15, 0.2) is 18.2 Å². The van der Waals surface area contributed by atoms with Gasteiger partial charge in [0, 0.05) is 7.05 Å². The number of nitrogens with one attached hydrogen (secondary N) is 1. The molecule has 0 saturated heterocycles. The Labute approximate surface area is 126 Å². The first-order valence-corrected chi connectivity index (χ1v) is 6.49. The van der Waals surface area contributed by atoms with E-state index in [0.717, 1.165) is 5.56 Å². The minimum atomic E-state index is -0.653. The van der Waals surface area contributed by atoms with Crippen molar-refractivity contribution in [1.82, 2.24) is 9.78 Å². The van der Waals surface area contributed by atoms with Crippen LogP contribution < -0.4 is 10.1 Å². The molecule has 0 aliphatic carbocycles. The highest BCUT2D eigenvalue weighted by Gasteiger charge is 2.29. The molecule has 1 amide bonds. The van der Waals surface area contributed by atoms with Crippen molar-refractivity contribution in [1.29, 1.82) is 0 Å². The second-order valence-corrected chi connectivity index (χ2v) is 4.82. The molecule has 2 rings (SSSR count). The smallest absolute Gasteiger partial charge is 0.322 e. The lowest BCUT2D eigenvalue weighted by molar-refractivity contribution is -0.385. The van der Waals surface area contributed by atoms with Crippen LogP contribution in [0.5, 0.6) is 5.75 Å². The summed E-state index contributed by atoms with van der Waals surface area (Å²) in [5.41, 5.74) is 1.14. The van der Waals surface area contributed by atoms with E-state index in [2.05, 4.69) is 10.4 Å². The van der Waals surface area contributed by atoms with Crippen LogP contribution in [-0.2, 0) is 7.05 Å². The van der Waals surface area contributed by atoms with Crippen LogP contribution in [0.1, 0.15) is 21.7 Å². The van der Waals surface area contributed by atoms with Gasteiger partial charge in [0.25, 0.3) is 5.91 Å². The fourth-order valence-electron chi connectivity index (χ4n) is 2.07. The van der Waals surface area contributed by atoms with Crippen LogP contribution in [0.25, 0.3) is 0 Å². The maximum absolute atomic E-state index is 12.3. The number of amides is 1. The topological polar surface area (TPSA) is 99.3 Å². The van der Waals surface area contributed by atoms with Gasteiger partial charge in [0.05, 0.1) is 17.7 Å². The first kappa shape index (κ1) is 15.5. The number of methoxy groups -OCH3 is 1. The Kier molecular flexibility index (Phi) is 4.11. The molecule has 8 heteroatoms. The number of rotatable bonds is 4. The van der Waals surface area contributed by atoms with Crippen molar-refractivity contribution in [3.8, 4) is 5.75 Å². The molecule has 0 aliphatic heterocycles. The zero-order chi connectivity index (χ0) is 16.4. The predicted molar refractivity (Wildman–Crippen MR) is 80.3 cm³/mol. The lowest BCUT2D eigenvalue weighted by Gasteiger charge is -2.09. The van der Waals surface area contributed by atoms with E-state index in [1.165, 1.54) is 18.7 Å². The van der Waals surface area contributed by atoms with Crippen molar-refractivity contribution >= 4 is 17.3 Å². The van der Waals surface area contributed by atoms with Crippen molar-refractivity contribution in [3.63, 3.8) is 0 Å². The molecule has 0 aliphatic rings. The molecule has 1 aromatic carbocycles. The second-order valence-electron chi connectivity index (χ2n) is 4.82. The summed E-state index contributed by atoms with van der Waals surface area (Å²) in [6.07, 6.45) is 0. The van der Waals surface area contributed by atoms with Gasteiger partial charge in [-0.25, -0.2) is 0 Å². The predicted octanol–water partition coefficient (Wildman–Crippen LogP) is 2.21. The largest absolute Gasteiger partial charge is 0.495 e. The van der Waals surface area contributed by atoms with Crippen LogP contribution in [-0.4, -0.2) is 27.7 Å². The Balaban J connectivity index is 2.40. The monoisotopic (exact) mass is 304 g/mol. The Morgan fingerprint density at radius 2 is 2.09 bits per heavy atom. The summed E-state index contributed by atoms with van der Waals surface area (Å²) >= 11 is 0. The SMILES string of the molecule is COc1ccc(C)cc1NC(=O)c1nn(C)c(C)c1[N+](=O)[O-]. The summed E-state index contributed by atoms with van der Waals surface area (Å²) in [6, 6.07) is 5.27. The van der Waals surface area contributed by atoms with E-state index >= 15 is 0 Å². The Bertz CT molecular complexity index is 752. The third-order valence-electron chi connectivity index (χ3n) is 3.30. The molecule has 116 valence electrons. The highest BCUT2D eigenvalue weighted by Crippen LogP contribution is 2.28. The molecule has 0 atom stereocenters. The van der Waals surface area contributed by atoms with Crippen LogP contribution >= 0.6 is 0 Å².